The molecular weight excluding hydrogens is 408 g/mol. The lowest BCUT2D eigenvalue weighted by Gasteiger charge is -2.10. The summed E-state index contributed by atoms with van der Waals surface area (Å²) in [5.41, 5.74) is 0.734. The molecule has 2 aromatic carbocycles. The maximum atomic E-state index is 13.0. The van der Waals surface area contributed by atoms with Gasteiger partial charge in [-0.3, -0.25) is 9.52 Å². The largest absolute Gasteiger partial charge is 0.295 e. The van der Waals surface area contributed by atoms with E-state index in [1.807, 2.05) is 22.6 Å². The van der Waals surface area contributed by atoms with E-state index in [4.69, 9.17) is 0 Å². The van der Waals surface area contributed by atoms with Crippen LogP contribution >= 0.6 is 22.6 Å². The molecule has 0 saturated heterocycles. The molecule has 0 amide bonds. The summed E-state index contributed by atoms with van der Waals surface area (Å²) in [7, 11) is -3.78. The highest BCUT2D eigenvalue weighted by Crippen LogP contribution is 2.22. The van der Waals surface area contributed by atoms with Gasteiger partial charge in [-0.1, -0.05) is 12.1 Å². The van der Waals surface area contributed by atoms with Crippen LogP contribution in [-0.2, 0) is 10.0 Å². The third kappa shape index (κ3) is 3.79. The molecule has 7 heteroatoms. The minimum absolute atomic E-state index is 0.0348. The molecule has 0 radical (unpaired) electrons. The lowest BCUT2D eigenvalue weighted by molar-refractivity contribution is 0.101. The molecule has 0 saturated carbocycles. The molecule has 21 heavy (non-hydrogen) atoms. The Morgan fingerprint density at radius 2 is 1.76 bits per heavy atom. The van der Waals surface area contributed by atoms with E-state index in [1.54, 1.807) is 0 Å². The first-order valence-electron chi connectivity index (χ1n) is 5.88. The molecule has 0 aliphatic heterocycles. The van der Waals surface area contributed by atoms with Gasteiger partial charge in [0, 0.05) is 9.13 Å². The summed E-state index contributed by atoms with van der Waals surface area (Å²) < 4.78 is 40.3. The van der Waals surface area contributed by atoms with Gasteiger partial charge in [-0.25, -0.2) is 12.8 Å². The van der Waals surface area contributed by atoms with Crippen LogP contribution in [0.5, 0.6) is 0 Å². The van der Waals surface area contributed by atoms with E-state index in [1.165, 1.54) is 49.4 Å². The van der Waals surface area contributed by atoms with Crippen molar-refractivity contribution in [3.63, 3.8) is 0 Å². The Morgan fingerprint density at radius 1 is 1.14 bits per heavy atom. The number of anilines is 1. The van der Waals surface area contributed by atoms with Gasteiger partial charge in [0.25, 0.3) is 10.0 Å². The standard InChI is InChI=1S/C14H11FINO3S/c1-9(18)10-2-5-12(6-3-10)21(19,20)17-14-7-4-11(15)8-13(14)16/h2-8,17H,1H3. The number of rotatable bonds is 4. The highest BCUT2D eigenvalue weighted by Gasteiger charge is 2.16. The van der Waals surface area contributed by atoms with Crippen molar-refractivity contribution < 1.29 is 17.6 Å². The first kappa shape index (κ1) is 15.9. The molecule has 0 aromatic heterocycles. The number of carbonyl (C=O) groups excluding carboxylic acids is 1. The summed E-state index contributed by atoms with van der Waals surface area (Å²) in [6.45, 7) is 1.41. The van der Waals surface area contributed by atoms with E-state index < -0.39 is 15.8 Å². The van der Waals surface area contributed by atoms with E-state index >= 15 is 0 Å². The molecule has 0 aliphatic rings. The first-order chi connectivity index (χ1) is 9.79. The summed E-state index contributed by atoms with van der Waals surface area (Å²) in [6.07, 6.45) is 0. The molecule has 0 fully saturated rings. The second-order valence-corrected chi connectivity index (χ2v) is 7.15. The molecule has 0 bridgehead atoms. The van der Waals surface area contributed by atoms with Crippen LogP contribution in [0.4, 0.5) is 10.1 Å². The van der Waals surface area contributed by atoms with E-state index in [0.29, 0.717) is 14.8 Å². The molecule has 0 spiro atoms. The van der Waals surface area contributed by atoms with Crippen LogP contribution < -0.4 is 4.72 Å². The Balaban J connectivity index is 2.31. The lowest BCUT2D eigenvalue weighted by Crippen LogP contribution is -2.14. The monoisotopic (exact) mass is 419 g/mol. The van der Waals surface area contributed by atoms with E-state index in [9.17, 15) is 17.6 Å². The number of hydrogen-bond acceptors (Lipinski definition) is 3. The number of nitrogens with one attached hydrogen (secondary N) is 1. The van der Waals surface area contributed by atoms with Crippen molar-refractivity contribution in [2.24, 2.45) is 0 Å². The highest BCUT2D eigenvalue weighted by molar-refractivity contribution is 14.1. The maximum absolute atomic E-state index is 13.0. The van der Waals surface area contributed by atoms with Gasteiger partial charge in [0.1, 0.15) is 5.82 Å². The molecule has 0 heterocycles. The zero-order valence-electron chi connectivity index (χ0n) is 10.9. The van der Waals surface area contributed by atoms with Crippen LogP contribution in [0.1, 0.15) is 17.3 Å². The zero-order valence-corrected chi connectivity index (χ0v) is 13.9. The molecule has 1 N–H and O–H groups in total. The molecule has 2 rings (SSSR count). The van der Waals surface area contributed by atoms with Crippen LogP contribution in [0, 0.1) is 9.39 Å². The predicted molar refractivity (Wildman–Crippen MR) is 86.4 cm³/mol. The maximum Gasteiger partial charge on any atom is 0.261 e. The number of carbonyl (C=O) groups is 1. The smallest absolute Gasteiger partial charge is 0.261 e. The van der Waals surface area contributed by atoms with E-state index in [-0.39, 0.29) is 10.7 Å². The quantitative estimate of drug-likeness (QED) is 0.610. The third-order valence-electron chi connectivity index (χ3n) is 2.75. The molecule has 0 unspecified atom stereocenters. The topological polar surface area (TPSA) is 63.2 Å². The van der Waals surface area contributed by atoms with Crippen molar-refractivity contribution in [1.82, 2.24) is 0 Å². The van der Waals surface area contributed by atoms with Crippen LogP contribution in [0.15, 0.2) is 47.4 Å². The Hall–Kier alpha value is -1.48. The van der Waals surface area contributed by atoms with Crippen molar-refractivity contribution in [3.8, 4) is 0 Å². The van der Waals surface area contributed by atoms with Crippen molar-refractivity contribution in [1.29, 1.82) is 0 Å². The highest BCUT2D eigenvalue weighted by atomic mass is 127. The molecule has 0 aliphatic carbocycles. The SMILES string of the molecule is CC(=O)c1ccc(S(=O)(=O)Nc2ccc(F)cc2I)cc1. The van der Waals surface area contributed by atoms with Gasteiger partial charge in [0.05, 0.1) is 10.6 Å². The van der Waals surface area contributed by atoms with Crippen molar-refractivity contribution in [3.05, 3.63) is 57.4 Å². The van der Waals surface area contributed by atoms with E-state index in [0.717, 1.165) is 0 Å². The Morgan fingerprint density at radius 3 is 2.29 bits per heavy atom. The molecule has 4 nitrogen and oxygen atoms in total. The van der Waals surface area contributed by atoms with Crippen LogP contribution in [0.25, 0.3) is 0 Å². The van der Waals surface area contributed by atoms with Crippen molar-refractivity contribution >= 4 is 44.1 Å². The van der Waals surface area contributed by atoms with Crippen LogP contribution in [-0.4, -0.2) is 14.2 Å². The number of Topliss-reactive ketones (excluding diaryl/α,β-unsaturated/α-hetero) is 1. The predicted octanol–water partition coefficient (Wildman–Crippen LogP) is 3.43. The Labute approximate surface area is 135 Å². The lowest BCUT2D eigenvalue weighted by atomic mass is 10.2. The number of halogens is 2. The number of ketones is 1. The minimum atomic E-state index is -3.78. The molecule has 0 atom stereocenters. The fourth-order valence-electron chi connectivity index (χ4n) is 1.64. The second kappa shape index (κ2) is 6.10. The summed E-state index contributed by atoms with van der Waals surface area (Å²) >= 11 is 1.85. The summed E-state index contributed by atoms with van der Waals surface area (Å²) in [5.74, 6) is -0.576. The average Bonchev–Trinajstić information content (AvgIpc) is 2.42. The first-order valence-corrected chi connectivity index (χ1v) is 8.44. The number of benzene rings is 2. The molecular formula is C14H11FINO3S. The van der Waals surface area contributed by atoms with Gasteiger partial charge in [-0.05, 0) is 59.8 Å². The molecule has 2 aromatic rings. The number of hydrogen-bond donors (Lipinski definition) is 1. The van der Waals surface area contributed by atoms with Gasteiger partial charge in [-0.2, -0.15) is 0 Å². The van der Waals surface area contributed by atoms with Gasteiger partial charge in [-0.15, -0.1) is 0 Å². The summed E-state index contributed by atoms with van der Waals surface area (Å²) in [5, 5.41) is 0. The van der Waals surface area contributed by atoms with E-state index in [2.05, 4.69) is 4.72 Å². The fourth-order valence-corrected chi connectivity index (χ4v) is 3.52. The van der Waals surface area contributed by atoms with Gasteiger partial charge < -0.3 is 0 Å². The average molecular weight is 419 g/mol. The van der Waals surface area contributed by atoms with Crippen LogP contribution in [0.3, 0.4) is 0 Å². The summed E-state index contributed by atoms with van der Waals surface area (Å²) in [4.78, 5) is 11.2. The van der Waals surface area contributed by atoms with Gasteiger partial charge >= 0.3 is 0 Å². The summed E-state index contributed by atoms with van der Waals surface area (Å²) in [6, 6.07) is 9.39. The van der Waals surface area contributed by atoms with Crippen molar-refractivity contribution in [2.75, 3.05) is 4.72 Å². The minimum Gasteiger partial charge on any atom is -0.295 e. The Bertz CT molecular complexity index is 788. The zero-order chi connectivity index (χ0) is 15.6. The third-order valence-corrected chi connectivity index (χ3v) is 5.02. The van der Waals surface area contributed by atoms with Gasteiger partial charge in [0.15, 0.2) is 5.78 Å². The number of sulfonamides is 1. The fraction of sp³-hybridized carbons (Fsp3) is 0.0714. The van der Waals surface area contributed by atoms with Gasteiger partial charge in [0.2, 0.25) is 0 Å². The van der Waals surface area contributed by atoms with Crippen molar-refractivity contribution in [2.45, 2.75) is 11.8 Å². The normalized spacial score (nSPS) is 11.2. The Kier molecular flexibility index (Phi) is 4.62. The molecule has 110 valence electrons. The second-order valence-electron chi connectivity index (χ2n) is 4.31. The van der Waals surface area contributed by atoms with Crippen LogP contribution in [0.2, 0.25) is 0 Å².